The topological polar surface area (TPSA) is 93.5 Å². The third kappa shape index (κ3) is 4.89. The number of halogens is 1. The van der Waals surface area contributed by atoms with Crippen LogP contribution in [0.2, 0.25) is 0 Å². The summed E-state index contributed by atoms with van der Waals surface area (Å²) in [6, 6.07) is 15.4. The molecule has 0 aliphatic carbocycles. The van der Waals surface area contributed by atoms with Gasteiger partial charge in [0, 0.05) is 18.9 Å². The van der Waals surface area contributed by atoms with Gasteiger partial charge in [-0.05, 0) is 48.2 Å². The van der Waals surface area contributed by atoms with Crippen LogP contribution < -0.4 is 10.5 Å². The van der Waals surface area contributed by atoms with Gasteiger partial charge in [0.2, 0.25) is 5.91 Å². The summed E-state index contributed by atoms with van der Waals surface area (Å²) in [7, 11) is 0. The van der Waals surface area contributed by atoms with Crippen molar-refractivity contribution >= 4 is 16.9 Å². The number of H-pyrrole nitrogens is 1. The molecule has 2 aromatic carbocycles. The summed E-state index contributed by atoms with van der Waals surface area (Å²) in [5, 5.41) is 0.808. The molecule has 0 saturated carbocycles. The van der Waals surface area contributed by atoms with E-state index >= 15 is 0 Å². The molecule has 1 aliphatic rings. The minimum atomic E-state index is -0.780. The molecule has 4 aromatic rings. The number of pyridine rings is 1. The molecule has 1 aliphatic heterocycles. The number of carbonyl (C=O) groups is 1. The number of nitrogens with one attached hydrogen (secondary N) is 1. The number of morpholine rings is 1. The molecule has 180 valence electrons. The zero-order chi connectivity index (χ0) is 24.4. The molecule has 2 aromatic heterocycles. The van der Waals surface area contributed by atoms with Crippen molar-refractivity contribution in [3.8, 4) is 11.5 Å². The van der Waals surface area contributed by atoms with Crippen LogP contribution in [-0.4, -0.2) is 46.5 Å². The van der Waals surface area contributed by atoms with E-state index in [9.17, 15) is 9.18 Å². The second-order valence-electron chi connectivity index (χ2n) is 8.74. The molecule has 1 amide bonds. The summed E-state index contributed by atoms with van der Waals surface area (Å²) in [5.74, 6) is -0.0684. The standard InChI is InChI=1S/C27H27FN4O3/c1-17-15-31-26-25(17)23(9-10-30-26)35-22-8-7-18(13-20(22)28)14-21(29)27(33)32-11-12-34-24(16-32)19-5-3-2-4-6-19/h2-10,13,15,21,24H,11-12,14,16,29H2,1H3,(H,30,31)/t21-,24?/m0/s1. The lowest BCUT2D eigenvalue weighted by Gasteiger charge is -2.34. The van der Waals surface area contributed by atoms with Crippen molar-refractivity contribution in [2.75, 3.05) is 19.7 Å². The molecule has 0 radical (unpaired) electrons. The molecule has 0 spiro atoms. The largest absolute Gasteiger partial charge is 0.453 e. The minimum absolute atomic E-state index is 0.0978. The van der Waals surface area contributed by atoms with Gasteiger partial charge in [0.25, 0.3) is 0 Å². The lowest BCUT2D eigenvalue weighted by Crippen LogP contribution is -2.50. The van der Waals surface area contributed by atoms with Crippen LogP contribution in [0.1, 0.15) is 22.8 Å². The molecule has 8 heteroatoms. The van der Waals surface area contributed by atoms with Crippen LogP contribution in [0, 0.1) is 12.7 Å². The number of benzene rings is 2. The molecular formula is C27H27FN4O3. The predicted octanol–water partition coefficient (Wildman–Crippen LogP) is 4.27. The highest BCUT2D eigenvalue weighted by atomic mass is 19.1. The van der Waals surface area contributed by atoms with E-state index in [0.717, 1.165) is 16.5 Å². The van der Waals surface area contributed by atoms with Crippen LogP contribution in [0.5, 0.6) is 11.5 Å². The Morgan fingerprint density at radius 2 is 2.09 bits per heavy atom. The maximum Gasteiger partial charge on any atom is 0.240 e. The maximum absolute atomic E-state index is 14.9. The fourth-order valence-electron chi connectivity index (χ4n) is 4.44. The molecule has 1 fully saturated rings. The first-order valence-electron chi connectivity index (χ1n) is 11.6. The molecular weight excluding hydrogens is 447 g/mol. The van der Waals surface area contributed by atoms with Gasteiger partial charge in [0.15, 0.2) is 11.6 Å². The van der Waals surface area contributed by atoms with E-state index in [1.807, 2.05) is 43.5 Å². The molecule has 1 saturated heterocycles. The van der Waals surface area contributed by atoms with Crippen molar-refractivity contribution in [2.24, 2.45) is 5.73 Å². The smallest absolute Gasteiger partial charge is 0.240 e. The van der Waals surface area contributed by atoms with Crippen molar-refractivity contribution < 1.29 is 18.7 Å². The Balaban J connectivity index is 1.25. The minimum Gasteiger partial charge on any atom is -0.453 e. The number of hydrogen-bond donors (Lipinski definition) is 2. The van der Waals surface area contributed by atoms with E-state index in [2.05, 4.69) is 9.97 Å². The highest BCUT2D eigenvalue weighted by Crippen LogP contribution is 2.32. The Kier molecular flexibility index (Phi) is 6.48. The van der Waals surface area contributed by atoms with Gasteiger partial charge in [-0.3, -0.25) is 4.79 Å². The SMILES string of the molecule is Cc1c[nH]c2nccc(Oc3ccc(C[C@H](N)C(=O)N4CCOC(c5ccccc5)C4)cc3F)c12. The van der Waals surface area contributed by atoms with Crippen LogP contribution in [0.15, 0.2) is 67.0 Å². The van der Waals surface area contributed by atoms with Gasteiger partial charge >= 0.3 is 0 Å². The number of carbonyl (C=O) groups excluding carboxylic acids is 1. The van der Waals surface area contributed by atoms with Crippen LogP contribution in [0.25, 0.3) is 11.0 Å². The Labute approximate surface area is 202 Å². The van der Waals surface area contributed by atoms with Gasteiger partial charge < -0.3 is 25.1 Å². The van der Waals surface area contributed by atoms with E-state index in [-0.39, 0.29) is 24.2 Å². The summed E-state index contributed by atoms with van der Waals surface area (Å²) in [4.78, 5) is 22.1. The average molecular weight is 475 g/mol. The molecule has 3 N–H and O–H groups in total. The third-order valence-corrected chi connectivity index (χ3v) is 6.27. The number of rotatable bonds is 6. The highest BCUT2D eigenvalue weighted by Gasteiger charge is 2.28. The number of ether oxygens (including phenoxy) is 2. The predicted molar refractivity (Wildman–Crippen MR) is 131 cm³/mol. The number of aromatic nitrogens is 2. The Morgan fingerprint density at radius 1 is 1.26 bits per heavy atom. The fourth-order valence-corrected chi connectivity index (χ4v) is 4.44. The average Bonchev–Trinajstić information content (AvgIpc) is 3.27. The number of nitrogens with zero attached hydrogens (tertiary/aromatic N) is 2. The van der Waals surface area contributed by atoms with E-state index in [1.165, 1.54) is 6.07 Å². The van der Waals surface area contributed by atoms with E-state index in [0.29, 0.717) is 36.7 Å². The number of aryl methyl sites for hydroxylation is 1. The first-order chi connectivity index (χ1) is 17.0. The summed E-state index contributed by atoms with van der Waals surface area (Å²) in [5.41, 5.74) is 9.54. The molecule has 3 heterocycles. The molecule has 5 rings (SSSR count). The number of fused-ring (bicyclic) bond motifs is 1. The van der Waals surface area contributed by atoms with Crippen LogP contribution in [0.4, 0.5) is 4.39 Å². The van der Waals surface area contributed by atoms with Crippen molar-refractivity contribution in [2.45, 2.75) is 25.5 Å². The van der Waals surface area contributed by atoms with Gasteiger partial charge in [-0.15, -0.1) is 0 Å². The van der Waals surface area contributed by atoms with Gasteiger partial charge in [0.1, 0.15) is 17.5 Å². The van der Waals surface area contributed by atoms with Crippen molar-refractivity contribution in [3.05, 3.63) is 89.5 Å². The summed E-state index contributed by atoms with van der Waals surface area (Å²) < 4.78 is 26.6. The zero-order valence-corrected chi connectivity index (χ0v) is 19.4. The van der Waals surface area contributed by atoms with Crippen molar-refractivity contribution in [3.63, 3.8) is 0 Å². The van der Waals surface area contributed by atoms with Crippen LogP contribution in [0.3, 0.4) is 0 Å². The Hall–Kier alpha value is -3.75. The lowest BCUT2D eigenvalue weighted by atomic mass is 10.0. The summed E-state index contributed by atoms with van der Waals surface area (Å²) in [6.45, 7) is 3.30. The number of nitrogens with two attached hydrogens (primary N) is 1. The maximum atomic E-state index is 14.9. The molecule has 7 nitrogen and oxygen atoms in total. The van der Waals surface area contributed by atoms with E-state index in [4.69, 9.17) is 15.2 Å². The molecule has 0 bridgehead atoms. The molecule has 35 heavy (non-hydrogen) atoms. The van der Waals surface area contributed by atoms with Gasteiger partial charge in [-0.25, -0.2) is 9.37 Å². The van der Waals surface area contributed by atoms with E-state index in [1.54, 1.807) is 29.3 Å². The van der Waals surface area contributed by atoms with E-state index < -0.39 is 11.9 Å². The second-order valence-corrected chi connectivity index (χ2v) is 8.74. The van der Waals surface area contributed by atoms with Gasteiger partial charge in [-0.1, -0.05) is 36.4 Å². The third-order valence-electron chi connectivity index (χ3n) is 6.27. The monoisotopic (exact) mass is 474 g/mol. The van der Waals surface area contributed by atoms with Gasteiger partial charge in [0.05, 0.1) is 24.6 Å². The zero-order valence-electron chi connectivity index (χ0n) is 19.4. The molecule has 2 atom stereocenters. The Bertz CT molecular complexity index is 1340. The number of amides is 1. The molecule has 1 unspecified atom stereocenters. The highest BCUT2D eigenvalue weighted by molar-refractivity contribution is 5.86. The number of aromatic amines is 1. The summed E-state index contributed by atoms with van der Waals surface area (Å²) >= 11 is 0. The van der Waals surface area contributed by atoms with Crippen LogP contribution in [-0.2, 0) is 16.0 Å². The first-order valence-corrected chi connectivity index (χ1v) is 11.6. The lowest BCUT2D eigenvalue weighted by molar-refractivity contribution is -0.140. The van der Waals surface area contributed by atoms with Crippen molar-refractivity contribution in [1.82, 2.24) is 14.9 Å². The van der Waals surface area contributed by atoms with Gasteiger partial charge in [-0.2, -0.15) is 0 Å². The normalized spacial score (nSPS) is 16.9. The second kappa shape index (κ2) is 9.85. The first kappa shape index (κ1) is 23.0. The van der Waals surface area contributed by atoms with Crippen LogP contribution >= 0.6 is 0 Å². The quantitative estimate of drug-likeness (QED) is 0.435. The number of hydrogen-bond acceptors (Lipinski definition) is 5. The van der Waals surface area contributed by atoms with Crippen molar-refractivity contribution in [1.29, 1.82) is 0 Å². The fraction of sp³-hybridized carbons (Fsp3) is 0.259. The summed E-state index contributed by atoms with van der Waals surface area (Å²) in [6.07, 6.45) is 3.48. The Morgan fingerprint density at radius 3 is 2.89 bits per heavy atom.